The Labute approximate surface area is 137 Å². The van der Waals surface area contributed by atoms with Gasteiger partial charge < -0.3 is 20.3 Å². The van der Waals surface area contributed by atoms with Crippen LogP contribution in [0.15, 0.2) is 48.5 Å². The number of carbonyl (C=O) groups is 1. The molecule has 122 valence electrons. The Bertz CT molecular complexity index is 641. The van der Waals surface area contributed by atoms with Crippen LogP contribution in [0.1, 0.15) is 10.4 Å². The van der Waals surface area contributed by atoms with Crippen molar-refractivity contribution in [3.63, 3.8) is 0 Å². The SMILES string of the molecule is CNCCN(C)C(=O)c1ccccc1Nc1ccc(OC)cc1. The molecule has 23 heavy (non-hydrogen) atoms. The highest BCUT2D eigenvalue weighted by molar-refractivity contribution is 6.00. The molecule has 0 bridgehead atoms. The Hall–Kier alpha value is -2.53. The molecular formula is C18H23N3O2. The van der Waals surface area contributed by atoms with Crippen molar-refractivity contribution >= 4 is 17.3 Å². The fraction of sp³-hybridized carbons (Fsp3) is 0.278. The highest BCUT2D eigenvalue weighted by Crippen LogP contribution is 2.23. The van der Waals surface area contributed by atoms with Gasteiger partial charge in [0, 0.05) is 25.8 Å². The Morgan fingerprint density at radius 1 is 1.13 bits per heavy atom. The number of hydrogen-bond acceptors (Lipinski definition) is 4. The largest absolute Gasteiger partial charge is 0.497 e. The summed E-state index contributed by atoms with van der Waals surface area (Å²) in [6.07, 6.45) is 0. The molecule has 2 aromatic rings. The lowest BCUT2D eigenvalue weighted by Crippen LogP contribution is -2.33. The quantitative estimate of drug-likeness (QED) is 0.825. The second-order valence-corrected chi connectivity index (χ2v) is 5.23. The number of benzene rings is 2. The molecule has 2 rings (SSSR count). The van der Waals surface area contributed by atoms with E-state index in [2.05, 4.69) is 10.6 Å². The van der Waals surface area contributed by atoms with Crippen molar-refractivity contribution in [3.8, 4) is 5.75 Å². The molecule has 2 N–H and O–H groups in total. The average Bonchev–Trinajstić information content (AvgIpc) is 2.60. The lowest BCUT2D eigenvalue weighted by Gasteiger charge is -2.19. The molecule has 0 radical (unpaired) electrons. The van der Waals surface area contributed by atoms with Gasteiger partial charge in [0.15, 0.2) is 0 Å². The van der Waals surface area contributed by atoms with Crippen LogP contribution in [0.5, 0.6) is 5.75 Å². The Morgan fingerprint density at radius 3 is 2.48 bits per heavy atom. The van der Waals surface area contributed by atoms with E-state index in [1.165, 1.54) is 0 Å². The van der Waals surface area contributed by atoms with Gasteiger partial charge in [-0.1, -0.05) is 12.1 Å². The third-order valence-electron chi connectivity index (χ3n) is 3.57. The zero-order valence-corrected chi connectivity index (χ0v) is 13.8. The van der Waals surface area contributed by atoms with E-state index in [0.717, 1.165) is 23.7 Å². The Balaban J connectivity index is 2.17. The molecule has 0 saturated heterocycles. The highest BCUT2D eigenvalue weighted by atomic mass is 16.5. The smallest absolute Gasteiger partial charge is 0.255 e. The second kappa shape index (κ2) is 8.19. The molecule has 0 aliphatic heterocycles. The van der Waals surface area contributed by atoms with Crippen molar-refractivity contribution in [1.29, 1.82) is 0 Å². The van der Waals surface area contributed by atoms with Gasteiger partial charge in [-0.25, -0.2) is 0 Å². The van der Waals surface area contributed by atoms with Crippen molar-refractivity contribution in [2.24, 2.45) is 0 Å². The van der Waals surface area contributed by atoms with Crippen molar-refractivity contribution in [2.45, 2.75) is 0 Å². The minimum Gasteiger partial charge on any atom is -0.497 e. The van der Waals surface area contributed by atoms with E-state index in [9.17, 15) is 4.79 Å². The van der Waals surface area contributed by atoms with Gasteiger partial charge >= 0.3 is 0 Å². The highest BCUT2D eigenvalue weighted by Gasteiger charge is 2.15. The van der Waals surface area contributed by atoms with Crippen LogP contribution in [0.3, 0.4) is 0 Å². The number of ether oxygens (including phenoxy) is 1. The summed E-state index contributed by atoms with van der Waals surface area (Å²) in [6.45, 7) is 1.42. The number of methoxy groups -OCH3 is 1. The summed E-state index contributed by atoms with van der Waals surface area (Å²) >= 11 is 0. The van der Waals surface area contributed by atoms with E-state index >= 15 is 0 Å². The monoisotopic (exact) mass is 313 g/mol. The fourth-order valence-electron chi connectivity index (χ4n) is 2.20. The van der Waals surface area contributed by atoms with E-state index in [0.29, 0.717) is 12.1 Å². The molecule has 0 spiro atoms. The zero-order chi connectivity index (χ0) is 16.7. The predicted octanol–water partition coefficient (Wildman–Crippen LogP) is 2.73. The van der Waals surface area contributed by atoms with Gasteiger partial charge in [-0.05, 0) is 43.4 Å². The van der Waals surface area contributed by atoms with E-state index in [1.54, 1.807) is 12.0 Å². The number of nitrogens with zero attached hydrogens (tertiary/aromatic N) is 1. The Kier molecular flexibility index (Phi) is 6.00. The summed E-state index contributed by atoms with van der Waals surface area (Å²) in [5, 5.41) is 6.35. The molecule has 0 aliphatic rings. The molecule has 0 heterocycles. The van der Waals surface area contributed by atoms with E-state index in [4.69, 9.17) is 4.74 Å². The summed E-state index contributed by atoms with van der Waals surface area (Å²) in [6, 6.07) is 15.1. The number of nitrogens with one attached hydrogen (secondary N) is 2. The van der Waals surface area contributed by atoms with Gasteiger partial charge in [0.05, 0.1) is 18.4 Å². The fourth-order valence-corrected chi connectivity index (χ4v) is 2.20. The van der Waals surface area contributed by atoms with Crippen molar-refractivity contribution in [3.05, 3.63) is 54.1 Å². The minimum atomic E-state index is -0.00291. The predicted molar refractivity (Wildman–Crippen MR) is 93.6 cm³/mol. The first kappa shape index (κ1) is 16.8. The van der Waals surface area contributed by atoms with Gasteiger partial charge in [-0.15, -0.1) is 0 Å². The number of amides is 1. The topological polar surface area (TPSA) is 53.6 Å². The number of anilines is 2. The maximum atomic E-state index is 12.6. The molecular weight excluding hydrogens is 290 g/mol. The summed E-state index contributed by atoms with van der Waals surface area (Å²) in [5.74, 6) is 0.795. The first-order chi connectivity index (χ1) is 11.2. The van der Waals surface area contributed by atoms with E-state index < -0.39 is 0 Å². The Morgan fingerprint density at radius 2 is 1.83 bits per heavy atom. The summed E-state index contributed by atoms with van der Waals surface area (Å²) in [7, 11) is 5.32. The van der Waals surface area contributed by atoms with Crippen LogP contribution in [0, 0.1) is 0 Å². The lowest BCUT2D eigenvalue weighted by atomic mass is 10.1. The van der Waals surface area contributed by atoms with E-state index in [-0.39, 0.29) is 5.91 Å². The van der Waals surface area contributed by atoms with Crippen molar-refractivity contribution in [1.82, 2.24) is 10.2 Å². The normalized spacial score (nSPS) is 10.2. The van der Waals surface area contributed by atoms with Gasteiger partial charge in [-0.2, -0.15) is 0 Å². The van der Waals surface area contributed by atoms with Crippen LogP contribution in [-0.2, 0) is 0 Å². The second-order valence-electron chi connectivity index (χ2n) is 5.23. The van der Waals surface area contributed by atoms with Crippen LogP contribution in [-0.4, -0.2) is 45.1 Å². The molecule has 0 atom stereocenters. The maximum Gasteiger partial charge on any atom is 0.255 e. The molecule has 5 nitrogen and oxygen atoms in total. The number of rotatable bonds is 7. The van der Waals surface area contributed by atoms with Gasteiger partial charge in [0.2, 0.25) is 0 Å². The zero-order valence-electron chi connectivity index (χ0n) is 13.8. The van der Waals surface area contributed by atoms with Crippen LogP contribution >= 0.6 is 0 Å². The standard InChI is InChI=1S/C18H23N3O2/c1-19-12-13-21(2)18(22)16-6-4-5-7-17(16)20-14-8-10-15(23-3)11-9-14/h4-11,19-20H,12-13H2,1-3H3. The summed E-state index contributed by atoms with van der Waals surface area (Å²) in [4.78, 5) is 14.3. The average molecular weight is 313 g/mol. The maximum absolute atomic E-state index is 12.6. The molecule has 0 aliphatic carbocycles. The third kappa shape index (κ3) is 4.47. The van der Waals surface area contributed by atoms with E-state index in [1.807, 2.05) is 62.6 Å². The summed E-state index contributed by atoms with van der Waals surface area (Å²) < 4.78 is 5.16. The van der Waals surface area contributed by atoms with Crippen molar-refractivity contribution in [2.75, 3.05) is 39.6 Å². The number of hydrogen-bond donors (Lipinski definition) is 2. The molecule has 0 aromatic heterocycles. The van der Waals surface area contributed by atoms with Crippen LogP contribution in [0.4, 0.5) is 11.4 Å². The number of carbonyl (C=O) groups excluding carboxylic acids is 1. The summed E-state index contributed by atoms with van der Waals surface area (Å²) in [5.41, 5.74) is 2.35. The molecule has 0 unspecified atom stereocenters. The molecule has 0 fully saturated rings. The minimum absolute atomic E-state index is 0.00291. The lowest BCUT2D eigenvalue weighted by molar-refractivity contribution is 0.0798. The van der Waals surface area contributed by atoms with Crippen LogP contribution < -0.4 is 15.4 Å². The van der Waals surface area contributed by atoms with Gasteiger partial charge in [0.25, 0.3) is 5.91 Å². The molecule has 1 amide bonds. The molecule has 5 heteroatoms. The third-order valence-corrected chi connectivity index (χ3v) is 3.57. The first-order valence-corrected chi connectivity index (χ1v) is 7.56. The number of likely N-dealkylation sites (N-methyl/N-ethyl adjacent to an activating group) is 2. The van der Waals surface area contributed by atoms with Crippen molar-refractivity contribution < 1.29 is 9.53 Å². The number of para-hydroxylation sites is 1. The first-order valence-electron chi connectivity index (χ1n) is 7.56. The van der Waals surface area contributed by atoms with Gasteiger partial charge in [-0.3, -0.25) is 4.79 Å². The molecule has 2 aromatic carbocycles. The molecule has 0 saturated carbocycles. The van der Waals surface area contributed by atoms with Gasteiger partial charge in [0.1, 0.15) is 5.75 Å². The van der Waals surface area contributed by atoms with Crippen LogP contribution in [0.2, 0.25) is 0 Å². The van der Waals surface area contributed by atoms with Crippen LogP contribution in [0.25, 0.3) is 0 Å².